The maximum absolute atomic E-state index is 11.9. The van der Waals surface area contributed by atoms with Crippen LogP contribution in [0.3, 0.4) is 0 Å². The van der Waals surface area contributed by atoms with Crippen LogP contribution >= 0.6 is 0 Å². The Balaban J connectivity index is 0.00000220. The molecule has 1 heterocycles. The first-order chi connectivity index (χ1) is 9.61. The van der Waals surface area contributed by atoms with Gasteiger partial charge in [0, 0.05) is 13.7 Å². The van der Waals surface area contributed by atoms with Gasteiger partial charge in [-0.2, -0.15) is 0 Å². The number of rotatable bonds is 4. The zero-order valence-corrected chi connectivity index (χ0v) is 14.9. The van der Waals surface area contributed by atoms with E-state index in [4.69, 9.17) is 9.47 Å². The zero-order valence-electron chi connectivity index (χ0n) is 12.1. The van der Waals surface area contributed by atoms with Crippen molar-refractivity contribution < 1.29 is 52.6 Å². The molecule has 0 radical (unpaired) electrons. The van der Waals surface area contributed by atoms with Gasteiger partial charge in [0.05, 0.1) is 17.9 Å². The van der Waals surface area contributed by atoms with Gasteiger partial charge in [-0.3, -0.25) is 4.21 Å². The minimum absolute atomic E-state index is 0. The van der Waals surface area contributed by atoms with Gasteiger partial charge >= 0.3 is 35.7 Å². The Hall–Kier alpha value is -0.440. The zero-order chi connectivity index (χ0) is 14.5. The van der Waals surface area contributed by atoms with E-state index in [0.29, 0.717) is 0 Å². The van der Waals surface area contributed by atoms with Crippen molar-refractivity contribution >= 4 is 17.2 Å². The van der Waals surface area contributed by atoms with E-state index >= 15 is 0 Å². The molecule has 1 amide bonds. The summed E-state index contributed by atoms with van der Waals surface area (Å²) in [5, 5.41) is -0.704. The first-order valence-electron chi connectivity index (χ1n) is 6.18. The van der Waals surface area contributed by atoms with E-state index < -0.39 is 28.5 Å². The number of carbonyl (C=O) groups is 1. The molecule has 2 rings (SSSR count). The molecule has 1 fully saturated rings. The number of methoxy groups -OCH3 is 1. The number of hydrogen-bond acceptors (Lipinski definition) is 5. The molecule has 110 valence electrons. The molecule has 8 heteroatoms. The molecular weight excluding hydrogens is 305 g/mol. The Bertz CT molecular complexity index is 487. The summed E-state index contributed by atoms with van der Waals surface area (Å²) in [6.07, 6.45) is -1.03. The molecule has 21 heavy (non-hydrogen) atoms. The van der Waals surface area contributed by atoms with Gasteiger partial charge in [0.15, 0.2) is 0 Å². The molecule has 1 aliphatic heterocycles. The fourth-order valence-corrected chi connectivity index (χ4v) is 2.86. The van der Waals surface area contributed by atoms with Crippen LogP contribution in [0.25, 0.3) is 0 Å². The molecular formula is C13H16NNaO5S. The van der Waals surface area contributed by atoms with Crippen molar-refractivity contribution in [2.75, 3.05) is 20.2 Å². The van der Waals surface area contributed by atoms with E-state index in [0.717, 1.165) is 5.56 Å². The van der Waals surface area contributed by atoms with E-state index in [2.05, 4.69) is 0 Å². The number of benzene rings is 1. The quantitative estimate of drug-likeness (QED) is 0.469. The predicted octanol–water partition coefficient (Wildman–Crippen LogP) is -2.09. The molecule has 0 aliphatic carbocycles. The number of amides is 1. The number of likely N-dealkylation sites (tertiary alicyclic amines) is 1. The Kier molecular flexibility index (Phi) is 7.86. The Morgan fingerprint density at radius 3 is 2.57 bits per heavy atom. The fraction of sp³-hybridized carbons (Fsp3) is 0.462. The standard InChI is InChI=1S/C13H17NO5S.Na/c1-18-11-7-14(8-12(11)20(16)17)13(15)19-9-10-5-3-2-4-6-10;/h2-6,11-12H,7-9H2,1H3,(H,16,17);/q;+1/p-1. The number of ether oxygens (including phenoxy) is 2. The molecule has 3 unspecified atom stereocenters. The van der Waals surface area contributed by atoms with Crippen LogP contribution in [0.2, 0.25) is 0 Å². The fourth-order valence-electron chi connectivity index (χ4n) is 2.11. The van der Waals surface area contributed by atoms with Crippen LogP contribution in [-0.2, 0) is 27.2 Å². The Morgan fingerprint density at radius 1 is 1.38 bits per heavy atom. The smallest absolute Gasteiger partial charge is 0.772 e. The minimum atomic E-state index is -2.27. The SMILES string of the molecule is COC1CN(C(=O)OCc2ccccc2)CC1S(=O)[O-].[Na+]. The van der Waals surface area contributed by atoms with Crippen molar-refractivity contribution in [3.63, 3.8) is 0 Å². The van der Waals surface area contributed by atoms with E-state index in [1.54, 1.807) is 0 Å². The van der Waals surface area contributed by atoms with Gasteiger partial charge in [0.25, 0.3) is 0 Å². The van der Waals surface area contributed by atoms with Crippen LogP contribution in [0.1, 0.15) is 5.56 Å². The van der Waals surface area contributed by atoms with Gasteiger partial charge in [-0.15, -0.1) is 0 Å². The normalized spacial score (nSPS) is 22.5. The topological polar surface area (TPSA) is 78.9 Å². The summed E-state index contributed by atoms with van der Waals surface area (Å²) in [4.78, 5) is 13.3. The molecule has 0 aromatic heterocycles. The van der Waals surface area contributed by atoms with Crippen molar-refractivity contribution in [1.82, 2.24) is 4.90 Å². The first-order valence-corrected chi connectivity index (χ1v) is 7.32. The summed E-state index contributed by atoms with van der Waals surface area (Å²) in [6, 6.07) is 9.30. The van der Waals surface area contributed by atoms with Crippen molar-refractivity contribution in [3.8, 4) is 0 Å². The van der Waals surface area contributed by atoms with Crippen LogP contribution in [0.5, 0.6) is 0 Å². The summed E-state index contributed by atoms with van der Waals surface area (Å²) < 4.78 is 32.4. The molecule has 1 saturated heterocycles. The largest absolute Gasteiger partial charge is 1.00 e. The van der Waals surface area contributed by atoms with Crippen molar-refractivity contribution in [1.29, 1.82) is 0 Å². The van der Waals surface area contributed by atoms with Gasteiger partial charge in [-0.1, -0.05) is 30.3 Å². The van der Waals surface area contributed by atoms with E-state index in [1.165, 1.54) is 12.0 Å². The molecule has 0 spiro atoms. The molecule has 6 nitrogen and oxygen atoms in total. The molecule has 0 saturated carbocycles. The third kappa shape index (κ3) is 5.05. The minimum Gasteiger partial charge on any atom is -0.772 e. The average Bonchev–Trinajstić information content (AvgIpc) is 2.90. The Morgan fingerprint density at radius 2 is 2.05 bits per heavy atom. The van der Waals surface area contributed by atoms with Gasteiger partial charge < -0.3 is 18.9 Å². The van der Waals surface area contributed by atoms with E-state index in [9.17, 15) is 13.6 Å². The summed E-state index contributed by atoms with van der Waals surface area (Å²) in [7, 11) is 1.43. The third-order valence-corrected chi connectivity index (χ3v) is 4.18. The van der Waals surface area contributed by atoms with E-state index in [-0.39, 0.29) is 49.3 Å². The summed E-state index contributed by atoms with van der Waals surface area (Å²) in [5.74, 6) is 0. The second-order valence-corrected chi connectivity index (χ2v) is 5.64. The van der Waals surface area contributed by atoms with Crippen LogP contribution in [0, 0.1) is 0 Å². The molecule has 3 atom stereocenters. The molecule has 1 aliphatic rings. The Labute approximate surface area is 148 Å². The monoisotopic (exact) mass is 321 g/mol. The van der Waals surface area contributed by atoms with Crippen LogP contribution in [0.4, 0.5) is 4.79 Å². The molecule has 1 aromatic carbocycles. The average molecular weight is 321 g/mol. The van der Waals surface area contributed by atoms with Gasteiger partial charge in [0.1, 0.15) is 6.61 Å². The number of hydrogen-bond donors (Lipinski definition) is 0. The van der Waals surface area contributed by atoms with Gasteiger partial charge in [-0.05, 0) is 16.6 Å². The maximum atomic E-state index is 11.9. The molecule has 0 N–H and O–H groups in total. The number of nitrogens with zero attached hydrogens (tertiary/aromatic N) is 1. The number of carbonyl (C=O) groups excluding carboxylic acids is 1. The summed E-state index contributed by atoms with van der Waals surface area (Å²) in [6.45, 7) is 0.490. The van der Waals surface area contributed by atoms with Crippen LogP contribution < -0.4 is 29.6 Å². The maximum Gasteiger partial charge on any atom is 1.00 e. The summed E-state index contributed by atoms with van der Waals surface area (Å²) >= 11 is -2.27. The van der Waals surface area contributed by atoms with Crippen LogP contribution in [0.15, 0.2) is 30.3 Å². The second kappa shape index (κ2) is 8.87. The first kappa shape index (κ1) is 18.6. The second-order valence-electron chi connectivity index (χ2n) is 4.52. The predicted molar refractivity (Wildman–Crippen MR) is 71.7 cm³/mol. The van der Waals surface area contributed by atoms with Gasteiger partial charge in [-0.25, -0.2) is 4.79 Å². The van der Waals surface area contributed by atoms with Crippen molar-refractivity contribution in [2.24, 2.45) is 0 Å². The van der Waals surface area contributed by atoms with Crippen LogP contribution in [-0.4, -0.2) is 51.3 Å². The molecule has 0 bridgehead atoms. The third-order valence-electron chi connectivity index (χ3n) is 3.23. The van der Waals surface area contributed by atoms with Crippen molar-refractivity contribution in [2.45, 2.75) is 18.0 Å². The summed E-state index contributed by atoms with van der Waals surface area (Å²) in [5.41, 5.74) is 0.882. The molecule has 1 aromatic rings. The van der Waals surface area contributed by atoms with Gasteiger partial charge in [0.2, 0.25) is 0 Å². The van der Waals surface area contributed by atoms with Crippen molar-refractivity contribution in [3.05, 3.63) is 35.9 Å². The van der Waals surface area contributed by atoms with E-state index in [1.807, 2.05) is 30.3 Å².